The maximum atomic E-state index is 9.67. The van der Waals surface area contributed by atoms with Crippen LogP contribution in [0.5, 0.6) is 0 Å². The van der Waals surface area contributed by atoms with Crippen molar-refractivity contribution in [1.82, 2.24) is 4.98 Å². The standard InChI is InChI=1S/C13H13N.CHF3.Ir/c1-2-11-8-9-14-13(10-11)12-6-4-3-5-7-12;2-1(3)4;/h3-10H,2H2,1H3;1H;. The molecule has 1 nitrogen and oxygen atoms in total. The monoisotopic (exact) mass is 446 g/mol. The Balaban J connectivity index is 0.000000576. The summed E-state index contributed by atoms with van der Waals surface area (Å²) in [5.74, 6) is 0. The van der Waals surface area contributed by atoms with Gasteiger partial charge in [-0.2, -0.15) is 13.2 Å². The molecule has 5 heteroatoms. The van der Waals surface area contributed by atoms with Crippen molar-refractivity contribution in [3.05, 3.63) is 54.2 Å². The molecule has 0 aliphatic rings. The number of pyridine rings is 1. The summed E-state index contributed by atoms with van der Waals surface area (Å²) in [4.78, 5) is 4.36. The summed E-state index contributed by atoms with van der Waals surface area (Å²) >= 11 is 0. The normalized spacial score (nSPS) is 9.32. The molecule has 0 aliphatic heterocycles. The van der Waals surface area contributed by atoms with Gasteiger partial charge in [-0.1, -0.05) is 37.3 Å². The second-order valence-corrected chi connectivity index (χ2v) is 3.52. The van der Waals surface area contributed by atoms with E-state index >= 15 is 0 Å². The van der Waals surface area contributed by atoms with Crippen LogP contribution in [0.4, 0.5) is 13.2 Å². The summed E-state index contributed by atoms with van der Waals surface area (Å²) in [5, 5.41) is 0. The molecule has 0 N–H and O–H groups in total. The van der Waals surface area contributed by atoms with Crippen molar-refractivity contribution in [1.29, 1.82) is 0 Å². The molecule has 0 fully saturated rings. The molecular weight excluding hydrogens is 431 g/mol. The predicted octanol–water partition coefficient (Wildman–Crippen LogP) is 4.49. The maximum Gasteiger partial charge on any atom is 0.379 e. The van der Waals surface area contributed by atoms with E-state index in [-0.39, 0.29) is 20.1 Å². The second kappa shape index (κ2) is 9.70. The molecule has 0 spiro atoms. The third-order valence-corrected chi connectivity index (χ3v) is 2.30. The number of aromatic nitrogens is 1. The van der Waals surface area contributed by atoms with Crippen LogP contribution in [0.3, 0.4) is 0 Å². The van der Waals surface area contributed by atoms with Gasteiger partial charge < -0.3 is 0 Å². The first-order valence-electron chi connectivity index (χ1n) is 5.56. The average molecular weight is 445 g/mol. The van der Waals surface area contributed by atoms with Gasteiger partial charge in [0.05, 0.1) is 5.69 Å². The molecule has 19 heavy (non-hydrogen) atoms. The van der Waals surface area contributed by atoms with E-state index in [9.17, 15) is 13.2 Å². The van der Waals surface area contributed by atoms with Gasteiger partial charge in [0.25, 0.3) is 0 Å². The largest absolute Gasteiger partial charge is 0.379 e. The van der Waals surface area contributed by atoms with E-state index in [0.717, 1.165) is 12.1 Å². The van der Waals surface area contributed by atoms with E-state index in [4.69, 9.17) is 0 Å². The number of benzene rings is 1. The van der Waals surface area contributed by atoms with Crippen LogP contribution in [0.15, 0.2) is 48.7 Å². The summed E-state index contributed by atoms with van der Waals surface area (Å²) in [6.45, 7) is -1.51. The molecule has 2 rings (SSSR count). The van der Waals surface area contributed by atoms with Crippen LogP contribution in [0.1, 0.15) is 12.5 Å². The van der Waals surface area contributed by atoms with Crippen LogP contribution in [-0.2, 0) is 26.5 Å². The molecule has 0 saturated heterocycles. The molecule has 0 unspecified atom stereocenters. The van der Waals surface area contributed by atoms with E-state index in [1.54, 1.807) is 0 Å². The van der Waals surface area contributed by atoms with Crippen LogP contribution in [0, 0.1) is 0 Å². The SMILES string of the molecule is CCc1ccnc(-c2ccccc2)c1.FC(F)F.[Ir]. The minimum absolute atomic E-state index is 0. The van der Waals surface area contributed by atoms with Crippen molar-refractivity contribution >= 4 is 0 Å². The van der Waals surface area contributed by atoms with Gasteiger partial charge in [0.1, 0.15) is 0 Å². The summed E-state index contributed by atoms with van der Waals surface area (Å²) in [6.07, 6.45) is 2.93. The summed E-state index contributed by atoms with van der Waals surface area (Å²) < 4.78 is 29.0. The van der Waals surface area contributed by atoms with E-state index in [0.29, 0.717) is 0 Å². The molecule has 0 aliphatic carbocycles. The fourth-order valence-corrected chi connectivity index (χ4v) is 1.46. The van der Waals surface area contributed by atoms with Crippen molar-refractivity contribution in [3.8, 4) is 11.3 Å². The molecule has 0 amide bonds. The fraction of sp³-hybridized carbons (Fsp3) is 0.214. The topological polar surface area (TPSA) is 12.9 Å². The second-order valence-electron chi connectivity index (χ2n) is 3.52. The zero-order valence-electron chi connectivity index (χ0n) is 10.3. The zero-order valence-corrected chi connectivity index (χ0v) is 12.7. The molecule has 0 bridgehead atoms. The number of hydrogen-bond donors (Lipinski definition) is 0. The smallest absolute Gasteiger partial charge is 0.256 e. The molecule has 2 aromatic rings. The molecule has 0 atom stereocenters. The number of rotatable bonds is 2. The van der Waals surface area contributed by atoms with Crippen molar-refractivity contribution in [3.63, 3.8) is 0 Å². The van der Waals surface area contributed by atoms with E-state index in [2.05, 4.69) is 36.2 Å². The Kier molecular flexibility index (Phi) is 9.09. The van der Waals surface area contributed by atoms with Crippen LogP contribution < -0.4 is 0 Å². The zero-order chi connectivity index (χ0) is 13.4. The third kappa shape index (κ3) is 7.09. The Labute approximate surface area is 124 Å². The number of hydrogen-bond acceptors (Lipinski definition) is 1. The number of alkyl halides is 3. The quantitative estimate of drug-likeness (QED) is 0.664. The van der Waals surface area contributed by atoms with Crippen molar-refractivity contribution in [2.24, 2.45) is 0 Å². The van der Waals surface area contributed by atoms with E-state index in [1.165, 1.54) is 11.1 Å². The summed E-state index contributed by atoms with van der Waals surface area (Å²) in [5.41, 5.74) is 3.58. The minimum atomic E-state index is -3.67. The molecule has 0 saturated carbocycles. The molecule has 1 aromatic carbocycles. The Morgan fingerprint density at radius 1 is 1.05 bits per heavy atom. The van der Waals surface area contributed by atoms with Crippen LogP contribution in [0.2, 0.25) is 0 Å². The van der Waals surface area contributed by atoms with Gasteiger partial charge in [-0.15, -0.1) is 0 Å². The maximum absolute atomic E-state index is 9.67. The first-order valence-corrected chi connectivity index (χ1v) is 5.56. The van der Waals surface area contributed by atoms with Gasteiger partial charge in [0.2, 0.25) is 0 Å². The third-order valence-electron chi connectivity index (χ3n) is 2.30. The predicted molar refractivity (Wildman–Crippen MR) is 66.2 cm³/mol. The van der Waals surface area contributed by atoms with Crippen molar-refractivity contribution < 1.29 is 33.3 Å². The van der Waals surface area contributed by atoms with Crippen LogP contribution in [-0.4, -0.2) is 11.7 Å². The van der Waals surface area contributed by atoms with Gasteiger partial charge in [0, 0.05) is 31.9 Å². The number of aryl methyl sites for hydroxylation is 1. The molecule has 1 heterocycles. The number of halogens is 3. The molecule has 1 radical (unpaired) electrons. The van der Waals surface area contributed by atoms with Gasteiger partial charge in [-0.05, 0) is 24.1 Å². The Morgan fingerprint density at radius 3 is 2.16 bits per heavy atom. The van der Waals surface area contributed by atoms with Gasteiger partial charge in [0.15, 0.2) is 0 Å². The van der Waals surface area contributed by atoms with E-state index < -0.39 is 6.68 Å². The summed E-state index contributed by atoms with van der Waals surface area (Å²) in [7, 11) is 0. The fourth-order valence-electron chi connectivity index (χ4n) is 1.46. The first-order chi connectivity index (χ1) is 8.63. The Bertz CT molecular complexity index is 461. The van der Waals surface area contributed by atoms with E-state index in [1.807, 2.05) is 24.4 Å². The van der Waals surface area contributed by atoms with Crippen LogP contribution >= 0.6 is 0 Å². The molecule has 105 valence electrons. The van der Waals surface area contributed by atoms with Gasteiger partial charge in [-0.25, -0.2) is 0 Å². The minimum Gasteiger partial charge on any atom is -0.256 e. The van der Waals surface area contributed by atoms with Gasteiger partial charge >= 0.3 is 6.68 Å². The Morgan fingerprint density at radius 2 is 1.63 bits per heavy atom. The van der Waals surface area contributed by atoms with Crippen LogP contribution in [0.25, 0.3) is 11.3 Å². The summed E-state index contributed by atoms with van der Waals surface area (Å²) in [6, 6.07) is 14.5. The first kappa shape index (κ1) is 17.8. The molecular formula is C14H14F3IrN. The number of nitrogens with zero attached hydrogens (tertiary/aromatic N) is 1. The van der Waals surface area contributed by atoms with Gasteiger partial charge in [-0.3, -0.25) is 4.98 Å². The van der Waals surface area contributed by atoms with Crippen molar-refractivity contribution in [2.45, 2.75) is 20.0 Å². The molecule has 1 aromatic heterocycles. The average Bonchev–Trinajstić information content (AvgIpc) is 2.39. The Hall–Kier alpha value is -1.19. The van der Waals surface area contributed by atoms with Crippen molar-refractivity contribution in [2.75, 3.05) is 0 Å².